The largest absolute Gasteiger partial charge is 0.285 e. The molecule has 1 aliphatic heterocycles. The molecule has 1 nitrogen and oxygen atoms in total. The van der Waals surface area contributed by atoms with Crippen LogP contribution in [-0.4, -0.2) is 6.21 Å². The maximum absolute atomic E-state index is 4.38. The summed E-state index contributed by atoms with van der Waals surface area (Å²) in [5.41, 5.74) is 4.08. The van der Waals surface area contributed by atoms with Gasteiger partial charge in [0.05, 0.1) is 6.04 Å². The Labute approximate surface area is 79.5 Å². The predicted octanol–water partition coefficient (Wildman–Crippen LogP) is 3.30. The molecular weight excluding hydrogens is 158 g/mol. The van der Waals surface area contributed by atoms with E-state index in [1.807, 2.05) is 6.21 Å². The quantitative estimate of drug-likeness (QED) is 0.618. The second-order valence-electron chi connectivity index (χ2n) is 4.00. The molecular formula is C12H15N. The summed E-state index contributed by atoms with van der Waals surface area (Å²) in [6.07, 6.45) is 1.98. The lowest BCUT2D eigenvalue weighted by Gasteiger charge is -2.09. The van der Waals surface area contributed by atoms with Crippen LogP contribution in [0.15, 0.2) is 23.2 Å². The normalized spacial score (nSPS) is 19.5. The van der Waals surface area contributed by atoms with Gasteiger partial charge in [-0.25, -0.2) is 0 Å². The van der Waals surface area contributed by atoms with Gasteiger partial charge in [0.2, 0.25) is 0 Å². The van der Waals surface area contributed by atoms with Crippen molar-refractivity contribution in [1.82, 2.24) is 0 Å². The SMILES string of the molecule is CC(C)c1ccc2c(c1)C(C)N=C2. The molecule has 0 N–H and O–H groups in total. The van der Waals surface area contributed by atoms with E-state index in [-0.39, 0.29) is 0 Å². The van der Waals surface area contributed by atoms with Gasteiger partial charge in [0, 0.05) is 6.21 Å². The van der Waals surface area contributed by atoms with Gasteiger partial charge in [0.1, 0.15) is 0 Å². The number of hydrogen-bond acceptors (Lipinski definition) is 1. The Hall–Kier alpha value is -1.11. The van der Waals surface area contributed by atoms with Gasteiger partial charge in [-0.15, -0.1) is 0 Å². The van der Waals surface area contributed by atoms with Crippen molar-refractivity contribution in [3.05, 3.63) is 34.9 Å². The maximum Gasteiger partial charge on any atom is 0.0727 e. The fourth-order valence-corrected chi connectivity index (χ4v) is 1.70. The van der Waals surface area contributed by atoms with Gasteiger partial charge in [-0.05, 0) is 29.5 Å². The zero-order valence-corrected chi connectivity index (χ0v) is 8.41. The number of fused-ring (bicyclic) bond motifs is 1. The second kappa shape index (κ2) is 2.99. The van der Waals surface area contributed by atoms with Crippen molar-refractivity contribution in [3.8, 4) is 0 Å². The monoisotopic (exact) mass is 173 g/mol. The molecule has 0 aromatic heterocycles. The summed E-state index contributed by atoms with van der Waals surface area (Å²) >= 11 is 0. The lowest BCUT2D eigenvalue weighted by molar-refractivity contribution is 0.823. The van der Waals surface area contributed by atoms with E-state index in [4.69, 9.17) is 0 Å². The van der Waals surface area contributed by atoms with Crippen LogP contribution in [0.4, 0.5) is 0 Å². The smallest absolute Gasteiger partial charge is 0.0727 e. The number of nitrogens with zero attached hydrogens (tertiary/aromatic N) is 1. The topological polar surface area (TPSA) is 12.4 Å². The van der Waals surface area contributed by atoms with Crippen LogP contribution in [0.5, 0.6) is 0 Å². The third-order valence-electron chi connectivity index (χ3n) is 2.66. The van der Waals surface area contributed by atoms with Crippen molar-refractivity contribution in [1.29, 1.82) is 0 Å². The Morgan fingerprint density at radius 2 is 2.08 bits per heavy atom. The second-order valence-corrected chi connectivity index (χ2v) is 4.00. The van der Waals surface area contributed by atoms with Gasteiger partial charge >= 0.3 is 0 Å². The molecule has 0 spiro atoms. The van der Waals surface area contributed by atoms with Crippen molar-refractivity contribution >= 4 is 6.21 Å². The number of hydrogen-bond donors (Lipinski definition) is 0. The van der Waals surface area contributed by atoms with Crippen LogP contribution in [0.3, 0.4) is 0 Å². The van der Waals surface area contributed by atoms with E-state index in [2.05, 4.69) is 44.0 Å². The third kappa shape index (κ3) is 1.39. The van der Waals surface area contributed by atoms with Gasteiger partial charge < -0.3 is 0 Å². The van der Waals surface area contributed by atoms with Crippen molar-refractivity contribution in [3.63, 3.8) is 0 Å². The van der Waals surface area contributed by atoms with Gasteiger partial charge in [-0.2, -0.15) is 0 Å². The molecule has 0 saturated heterocycles. The first-order chi connectivity index (χ1) is 6.18. The molecule has 0 radical (unpaired) electrons. The maximum atomic E-state index is 4.38. The lowest BCUT2D eigenvalue weighted by atomic mass is 9.96. The molecule has 1 aliphatic rings. The van der Waals surface area contributed by atoms with Crippen LogP contribution >= 0.6 is 0 Å². The molecule has 13 heavy (non-hydrogen) atoms. The minimum atomic E-state index is 0.355. The number of aliphatic imine (C=N–C) groups is 1. The number of rotatable bonds is 1. The minimum Gasteiger partial charge on any atom is -0.285 e. The molecule has 1 atom stereocenters. The highest BCUT2D eigenvalue weighted by Crippen LogP contribution is 2.28. The average molecular weight is 173 g/mol. The number of benzene rings is 1. The van der Waals surface area contributed by atoms with Crippen molar-refractivity contribution in [2.45, 2.75) is 32.7 Å². The first-order valence-corrected chi connectivity index (χ1v) is 4.85. The highest BCUT2D eigenvalue weighted by molar-refractivity contribution is 5.85. The summed E-state index contributed by atoms with van der Waals surface area (Å²) in [7, 11) is 0. The van der Waals surface area contributed by atoms with Crippen LogP contribution < -0.4 is 0 Å². The Morgan fingerprint density at radius 1 is 1.31 bits per heavy atom. The van der Waals surface area contributed by atoms with Gasteiger partial charge in [-0.1, -0.05) is 32.0 Å². The Kier molecular flexibility index (Phi) is 1.95. The lowest BCUT2D eigenvalue weighted by Crippen LogP contribution is -1.93. The van der Waals surface area contributed by atoms with Crippen molar-refractivity contribution in [2.24, 2.45) is 4.99 Å². The Morgan fingerprint density at radius 3 is 2.77 bits per heavy atom. The van der Waals surface area contributed by atoms with E-state index in [0.29, 0.717) is 12.0 Å². The van der Waals surface area contributed by atoms with E-state index >= 15 is 0 Å². The Balaban J connectivity index is 2.45. The molecule has 1 aromatic rings. The zero-order chi connectivity index (χ0) is 9.42. The van der Waals surface area contributed by atoms with Crippen molar-refractivity contribution < 1.29 is 0 Å². The molecule has 1 aromatic carbocycles. The van der Waals surface area contributed by atoms with Crippen LogP contribution in [0.25, 0.3) is 0 Å². The molecule has 0 bridgehead atoms. The fourth-order valence-electron chi connectivity index (χ4n) is 1.70. The zero-order valence-electron chi connectivity index (χ0n) is 8.41. The molecule has 1 heteroatoms. The molecule has 1 heterocycles. The Bertz CT molecular complexity index is 350. The van der Waals surface area contributed by atoms with E-state index in [1.54, 1.807) is 0 Å². The summed E-state index contributed by atoms with van der Waals surface area (Å²) in [5, 5.41) is 0. The molecule has 0 saturated carbocycles. The van der Waals surface area contributed by atoms with Gasteiger partial charge in [0.15, 0.2) is 0 Å². The van der Waals surface area contributed by atoms with Crippen LogP contribution in [0.1, 0.15) is 49.4 Å². The van der Waals surface area contributed by atoms with Crippen molar-refractivity contribution in [2.75, 3.05) is 0 Å². The molecule has 2 rings (SSSR count). The summed E-state index contributed by atoms with van der Waals surface area (Å²) in [4.78, 5) is 4.38. The van der Waals surface area contributed by atoms with E-state index < -0.39 is 0 Å². The highest BCUT2D eigenvalue weighted by atomic mass is 14.8. The van der Waals surface area contributed by atoms with Crippen LogP contribution in [0.2, 0.25) is 0 Å². The fraction of sp³-hybridized carbons (Fsp3) is 0.417. The van der Waals surface area contributed by atoms with Gasteiger partial charge in [-0.3, -0.25) is 4.99 Å². The molecule has 68 valence electrons. The minimum absolute atomic E-state index is 0.355. The molecule has 0 fully saturated rings. The van der Waals surface area contributed by atoms with E-state index in [9.17, 15) is 0 Å². The molecule has 0 amide bonds. The summed E-state index contributed by atoms with van der Waals surface area (Å²) in [6, 6.07) is 7.02. The van der Waals surface area contributed by atoms with Gasteiger partial charge in [0.25, 0.3) is 0 Å². The summed E-state index contributed by atoms with van der Waals surface area (Å²) < 4.78 is 0. The first kappa shape index (κ1) is 8.49. The first-order valence-electron chi connectivity index (χ1n) is 4.85. The van der Waals surface area contributed by atoms with E-state index in [1.165, 1.54) is 16.7 Å². The average Bonchev–Trinajstić information content (AvgIpc) is 2.47. The highest BCUT2D eigenvalue weighted by Gasteiger charge is 2.14. The summed E-state index contributed by atoms with van der Waals surface area (Å²) in [6.45, 7) is 6.59. The molecule has 0 aliphatic carbocycles. The third-order valence-corrected chi connectivity index (χ3v) is 2.66. The molecule has 1 unspecified atom stereocenters. The van der Waals surface area contributed by atoms with E-state index in [0.717, 1.165) is 0 Å². The summed E-state index contributed by atoms with van der Waals surface area (Å²) in [5.74, 6) is 0.609. The standard InChI is InChI=1S/C12H15N/c1-8(2)10-4-5-11-7-13-9(3)12(11)6-10/h4-9H,1-3H3. The van der Waals surface area contributed by atoms with Crippen LogP contribution in [0, 0.1) is 0 Å². The van der Waals surface area contributed by atoms with Crippen LogP contribution in [-0.2, 0) is 0 Å². The predicted molar refractivity (Wildman–Crippen MR) is 56.5 cm³/mol.